The number of carbonyl (C=O) groups is 1. The maximum absolute atomic E-state index is 11.6. The third-order valence-electron chi connectivity index (χ3n) is 2.89. The molecular formula is C16H17ClN2O2S. The molecule has 1 aromatic heterocycles. The van der Waals surface area contributed by atoms with Crippen molar-refractivity contribution in [2.24, 2.45) is 5.10 Å². The zero-order chi connectivity index (χ0) is 15.9. The van der Waals surface area contributed by atoms with Gasteiger partial charge in [0.15, 0.2) is 6.61 Å². The van der Waals surface area contributed by atoms with E-state index in [1.165, 1.54) is 16.9 Å². The number of halogens is 1. The van der Waals surface area contributed by atoms with Crippen LogP contribution < -0.4 is 10.2 Å². The largest absolute Gasteiger partial charge is 0.484 e. The van der Waals surface area contributed by atoms with E-state index in [1.54, 1.807) is 12.3 Å². The maximum Gasteiger partial charge on any atom is 0.277 e. The highest BCUT2D eigenvalue weighted by Gasteiger charge is 2.03. The van der Waals surface area contributed by atoms with Crippen LogP contribution >= 0.6 is 22.9 Å². The van der Waals surface area contributed by atoms with Gasteiger partial charge < -0.3 is 4.74 Å². The molecule has 0 aliphatic rings. The van der Waals surface area contributed by atoms with Crippen LogP contribution in [-0.2, 0) is 4.79 Å². The van der Waals surface area contributed by atoms with Crippen molar-refractivity contribution < 1.29 is 9.53 Å². The highest BCUT2D eigenvalue weighted by Crippen LogP contribution is 2.19. The molecule has 2 aromatic rings. The fourth-order valence-corrected chi connectivity index (χ4v) is 2.63. The lowest BCUT2D eigenvalue weighted by atomic mass is 10.0. The van der Waals surface area contributed by atoms with Gasteiger partial charge in [-0.05, 0) is 35.7 Å². The van der Waals surface area contributed by atoms with Crippen LogP contribution in [0.4, 0.5) is 0 Å². The van der Waals surface area contributed by atoms with E-state index in [4.69, 9.17) is 16.3 Å². The summed E-state index contributed by atoms with van der Waals surface area (Å²) in [5.74, 6) is 0.817. The zero-order valence-electron chi connectivity index (χ0n) is 12.4. The molecular weight excluding hydrogens is 320 g/mol. The summed E-state index contributed by atoms with van der Waals surface area (Å²) in [4.78, 5) is 12.5. The van der Waals surface area contributed by atoms with E-state index < -0.39 is 0 Å². The van der Waals surface area contributed by atoms with Crippen molar-refractivity contribution >= 4 is 35.1 Å². The van der Waals surface area contributed by atoms with Gasteiger partial charge in [0.25, 0.3) is 5.91 Å². The minimum absolute atomic E-state index is 0.0798. The molecule has 0 radical (unpaired) electrons. The number of nitrogens with zero attached hydrogens (tertiary/aromatic N) is 1. The molecule has 0 fully saturated rings. The molecule has 0 unspecified atom stereocenters. The second kappa shape index (κ2) is 7.96. The van der Waals surface area contributed by atoms with Gasteiger partial charge in [0.05, 0.1) is 10.6 Å². The Morgan fingerprint density at radius 3 is 2.64 bits per heavy atom. The molecule has 4 nitrogen and oxygen atoms in total. The van der Waals surface area contributed by atoms with Crippen LogP contribution in [0.5, 0.6) is 5.75 Å². The Morgan fingerprint density at radius 1 is 1.32 bits per heavy atom. The van der Waals surface area contributed by atoms with Crippen molar-refractivity contribution in [1.29, 1.82) is 0 Å². The first kappa shape index (κ1) is 16.5. The second-order valence-electron chi connectivity index (χ2n) is 4.95. The quantitative estimate of drug-likeness (QED) is 0.639. The number of amides is 1. The van der Waals surface area contributed by atoms with Crippen molar-refractivity contribution in [3.05, 3.63) is 51.2 Å². The Kier molecular flexibility index (Phi) is 5.98. The number of nitrogens with one attached hydrogen (secondary N) is 1. The van der Waals surface area contributed by atoms with Gasteiger partial charge in [-0.1, -0.05) is 37.6 Å². The second-order valence-corrected chi connectivity index (χ2v) is 6.69. The third kappa shape index (κ3) is 5.16. The van der Waals surface area contributed by atoms with Crippen molar-refractivity contribution in [3.63, 3.8) is 0 Å². The first-order chi connectivity index (χ1) is 10.5. The van der Waals surface area contributed by atoms with Gasteiger partial charge in [0, 0.05) is 4.88 Å². The molecule has 6 heteroatoms. The van der Waals surface area contributed by atoms with E-state index in [9.17, 15) is 4.79 Å². The molecule has 1 N–H and O–H groups in total. The van der Waals surface area contributed by atoms with Crippen molar-refractivity contribution in [2.75, 3.05) is 6.61 Å². The standard InChI is InChI=1S/C16H17ClN2O2S/c1-11(2)12-3-5-13(6-4-12)21-10-16(20)19-18-9-14-7-8-15(17)22-14/h3-9,11H,10H2,1-2H3,(H,19,20). The predicted octanol–water partition coefficient (Wildman–Crippen LogP) is 4.05. The highest BCUT2D eigenvalue weighted by atomic mass is 35.5. The van der Waals surface area contributed by atoms with Gasteiger partial charge in [-0.15, -0.1) is 11.3 Å². The number of hydrogen-bond acceptors (Lipinski definition) is 4. The number of benzene rings is 1. The summed E-state index contributed by atoms with van der Waals surface area (Å²) in [5.41, 5.74) is 3.64. The molecule has 0 bridgehead atoms. The molecule has 1 aromatic carbocycles. The van der Waals surface area contributed by atoms with Gasteiger partial charge in [-0.25, -0.2) is 5.43 Å². The van der Waals surface area contributed by atoms with E-state index in [-0.39, 0.29) is 12.5 Å². The lowest BCUT2D eigenvalue weighted by molar-refractivity contribution is -0.123. The minimum Gasteiger partial charge on any atom is -0.484 e. The molecule has 0 spiro atoms. The topological polar surface area (TPSA) is 50.7 Å². The lowest BCUT2D eigenvalue weighted by Gasteiger charge is -2.08. The Balaban J connectivity index is 1.76. The van der Waals surface area contributed by atoms with E-state index >= 15 is 0 Å². The first-order valence-corrected chi connectivity index (χ1v) is 8.04. The Morgan fingerprint density at radius 2 is 2.05 bits per heavy atom. The number of ether oxygens (including phenoxy) is 1. The van der Waals surface area contributed by atoms with Gasteiger partial charge in [-0.3, -0.25) is 4.79 Å². The van der Waals surface area contributed by atoms with Gasteiger partial charge in [0.2, 0.25) is 0 Å². The van der Waals surface area contributed by atoms with Crippen LogP contribution in [0.1, 0.15) is 30.2 Å². The highest BCUT2D eigenvalue weighted by molar-refractivity contribution is 7.17. The summed E-state index contributed by atoms with van der Waals surface area (Å²) in [6, 6.07) is 11.3. The van der Waals surface area contributed by atoms with Crippen LogP contribution in [0, 0.1) is 0 Å². The number of rotatable bonds is 6. The van der Waals surface area contributed by atoms with Gasteiger partial charge >= 0.3 is 0 Å². The molecule has 0 saturated carbocycles. The van der Waals surface area contributed by atoms with E-state index in [0.717, 1.165) is 4.88 Å². The fourth-order valence-electron chi connectivity index (χ4n) is 1.70. The number of thiophene rings is 1. The number of hydrazone groups is 1. The summed E-state index contributed by atoms with van der Waals surface area (Å²) in [6.45, 7) is 4.17. The van der Waals surface area contributed by atoms with Crippen LogP contribution in [0.2, 0.25) is 4.34 Å². The molecule has 2 rings (SSSR count). The average molecular weight is 337 g/mol. The molecule has 0 atom stereocenters. The molecule has 0 aliphatic heterocycles. The number of hydrogen-bond donors (Lipinski definition) is 1. The zero-order valence-corrected chi connectivity index (χ0v) is 13.9. The Hall–Kier alpha value is -1.85. The predicted molar refractivity (Wildman–Crippen MR) is 91.1 cm³/mol. The van der Waals surface area contributed by atoms with Gasteiger partial charge in [0.1, 0.15) is 5.75 Å². The smallest absolute Gasteiger partial charge is 0.277 e. The summed E-state index contributed by atoms with van der Waals surface area (Å²) >= 11 is 7.19. The van der Waals surface area contributed by atoms with Crippen LogP contribution in [-0.4, -0.2) is 18.7 Å². The molecule has 1 heterocycles. The Labute approximate surface area is 138 Å². The van der Waals surface area contributed by atoms with E-state index in [1.807, 2.05) is 30.3 Å². The van der Waals surface area contributed by atoms with Gasteiger partial charge in [-0.2, -0.15) is 5.10 Å². The van der Waals surface area contributed by atoms with Crippen molar-refractivity contribution in [2.45, 2.75) is 19.8 Å². The number of carbonyl (C=O) groups excluding carboxylic acids is 1. The monoisotopic (exact) mass is 336 g/mol. The average Bonchev–Trinajstić information content (AvgIpc) is 2.91. The summed E-state index contributed by atoms with van der Waals surface area (Å²) in [6.07, 6.45) is 1.55. The lowest BCUT2D eigenvalue weighted by Crippen LogP contribution is -2.24. The minimum atomic E-state index is -0.313. The Bertz CT molecular complexity index is 650. The summed E-state index contributed by atoms with van der Waals surface area (Å²) < 4.78 is 6.09. The van der Waals surface area contributed by atoms with Crippen LogP contribution in [0.25, 0.3) is 0 Å². The van der Waals surface area contributed by atoms with Crippen molar-refractivity contribution in [3.8, 4) is 5.75 Å². The van der Waals surface area contributed by atoms with E-state index in [0.29, 0.717) is 16.0 Å². The fraction of sp³-hybridized carbons (Fsp3) is 0.250. The SMILES string of the molecule is CC(C)c1ccc(OCC(=O)NN=Cc2ccc(Cl)s2)cc1. The third-order valence-corrected chi connectivity index (χ3v) is 4.06. The summed E-state index contributed by atoms with van der Waals surface area (Å²) in [7, 11) is 0. The normalized spacial score (nSPS) is 11.1. The molecule has 0 aliphatic carbocycles. The first-order valence-electron chi connectivity index (χ1n) is 6.84. The maximum atomic E-state index is 11.6. The van der Waals surface area contributed by atoms with E-state index in [2.05, 4.69) is 24.4 Å². The van der Waals surface area contributed by atoms with Crippen LogP contribution in [0.15, 0.2) is 41.5 Å². The molecule has 22 heavy (non-hydrogen) atoms. The molecule has 0 saturated heterocycles. The molecule has 116 valence electrons. The van der Waals surface area contributed by atoms with Crippen LogP contribution in [0.3, 0.4) is 0 Å². The molecule has 1 amide bonds. The van der Waals surface area contributed by atoms with Crippen molar-refractivity contribution in [1.82, 2.24) is 5.43 Å². The summed E-state index contributed by atoms with van der Waals surface area (Å²) in [5, 5.41) is 3.85.